The molecule has 1 aliphatic rings. The first-order valence-corrected chi connectivity index (χ1v) is 7.31. The predicted molar refractivity (Wildman–Crippen MR) is 73.3 cm³/mol. The van der Waals surface area contributed by atoms with Crippen LogP contribution in [-0.4, -0.2) is 32.2 Å². The molecule has 0 aromatic rings. The lowest BCUT2D eigenvalue weighted by Gasteiger charge is -2.25. The van der Waals surface area contributed by atoms with E-state index in [1.54, 1.807) is 0 Å². The van der Waals surface area contributed by atoms with Gasteiger partial charge in [-0.2, -0.15) is 0 Å². The summed E-state index contributed by atoms with van der Waals surface area (Å²) >= 11 is 0. The van der Waals surface area contributed by atoms with Crippen LogP contribution in [0.25, 0.3) is 0 Å². The highest BCUT2D eigenvalue weighted by atomic mass is 16.5. The molecule has 0 aromatic heterocycles. The lowest BCUT2D eigenvalue weighted by Crippen LogP contribution is -2.44. The van der Waals surface area contributed by atoms with Gasteiger partial charge in [-0.05, 0) is 25.7 Å². The Morgan fingerprint density at radius 2 is 1.94 bits per heavy atom. The number of ether oxygens (including phenoxy) is 1. The highest BCUT2D eigenvalue weighted by molar-refractivity contribution is 5.83. The molecule has 3 N–H and O–H groups in total. The molecular weight excluding hydrogens is 228 g/mol. The number of carbonyl (C=O) groups is 1. The SMILES string of the molecule is CCCCOCCCNC(=O)C1(CN)CCCC1. The Morgan fingerprint density at radius 1 is 1.28 bits per heavy atom. The summed E-state index contributed by atoms with van der Waals surface area (Å²) in [7, 11) is 0. The Hall–Kier alpha value is -0.610. The third kappa shape index (κ3) is 4.58. The van der Waals surface area contributed by atoms with Gasteiger partial charge in [0.2, 0.25) is 5.91 Å². The van der Waals surface area contributed by atoms with Crippen molar-refractivity contribution in [3.05, 3.63) is 0 Å². The van der Waals surface area contributed by atoms with Gasteiger partial charge < -0.3 is 15.8 Å². The average Bonchev–Trinajstić information content (AvgIpc) is 2.87. The number of hydrogen-bond acceptors (Lipinski definition) is 3. The van der Waals surface area contributed by atoms with Crippen LogP contribution < -0.4 is 11.1 Å². The van der Waals surface area contributed by atoms with Crippen molar-refractivity contribution < 1.29 is 9.53 Å². The van der Waals surface area contributed by atoms with Gasteiger partial charge in [0.15, 0.2) is 0 Å². The number of rotatable bonds is 9. The highest BCUT2D eigenvalue weighted by Crippen LogP contribution is 2.37. The number of nitrogens with one attached hydrogen (secondary N) is 1. The Balaban J connectivity index is 2.09. The second-order valence-corrected chi connectivity index (χ2v) is 5.27. The smallest absolute Gasteiger partial charge is 0.227 e. The van der Waals surface area contributed by atoms with Gasteiger partial charge in [0.25, 0.3) is 0 Å². The summed E-state index contributed by atoms with van der Waals surface area (Å²) in [5, 5.41) is 3.01. The van der Waals surface area contributed by atoms with E-state index in [4.69, 9.17) is 10.5 Å². The van der Waals surface area contributed by atoms with Crippen LogP contribution in [0.2, 0.25) is 0 Å². The maximum absolute atomic E-state index is 12.1. The Labute approximate surface area is 111 Å². The van der Waals surface area contributed by atoms with E-state index in [9.17, 15) is 4.79 Å². The monoisotopic (exact) mass is 256 g/mol. The van der Waals surface area contributed by atoms with Crippen LogP contribution >= 0.6 is 0 Å². The Kier molecular flexibility index (Phi) is 7.28. The van der Waals surface area contributed by atoms with Gasteiger partial charge in [-0.3, -0.25) is 4.79 Å². The zero-order chi connectivity index (χ0) is 13.3. The van der Waals surface area contributed by atoms with Crippen molar-refractivity contribution in [3.63, 3.8) is 0 Å². The normalized spacial score (nSPS) is 17.9. The molecule has 0 spiro atoms. The molecule has 1 fully saturated rings. The van der Waals surface area contributed by atoms with Crippen molar-refractivity contribution in [1.82, 2.24) is 5.32 Å². The fraction of sp³-hybridized carbons (Fsp3) is 0.929. The van der Waals surface area contributed by atoms with Gasteiger partial charge in [0.05, 0.1) is 5.41 Å². The van der Waals surface area contributed by atoms with Crippen LogP contribution in [0, 0.1) is 5.41 Å². The molecule has 1 amide bonds. The van der Waals surface area contributed by atoms with Gasteiger partial charge in [-0.1, -0.05) is 26.2 Å². The van der Waals surface area contributed by atoms with E-state index in [-0.39, 0.29) is 11.3 Å². The first-order chi connectivity index (χ1) is 8.75. The second kappa shape index (κ2) is 8.48. The summed E-state index contributed by atoms with van der Waals surface area (Å²) in [5.74, 6) is 0.149. The molecule has 1 rings (SSSR count). The highest BCUT2D eigenvalue weighted by Gasteiger charge is 2.39. The summed E-state index contributed by atoms with van der Waals surface area (Å²) in [6.45, 7) is 4.89. The minimum Gasteiger partial charge on any atom is -0.381 e. The molecule has 0 bridgehead atoms. The number of carbonyl (C=O) groups excluding carboxylic acids is 1. The van der Waals surface area contributed by atoms with E-state index in [2.05, 4.69) is 12.2 Å². The topological polar surface area (TPSA) is 64.3 Å². The summed E-state index contributed by atoms with van der Waals surface area (Å²) in [5.41, 5.74) is 5.49. The van der Waals surface area contributed by atoms with Gasteiger partial charge in [0, 0.05) is 26.3 Å². The summed E-state index contributed by atoms with van der Waals surface area (Å²) < 4.78 is 5.46. The molecule has 1 aliphatic carbocycles. The standard InChI is InChI=1S/C14H28N2O2/c1-2-3-10-18-11-6-9-16-13(17)14(12-15)7-4-5-8-14/h2-12,15H2,1H3,(H,16,17). The molecule has 0 radical (unpaired) electrons. The molecule has 0 saturated heterocycles. The number of hydrogen-bond donors (Lipinski definition) is 2. The fourth-order valence-corrected chi connectivity index (χ4v) is 2.49. The van der Waals surface area contributed by atoms with Crippen LogP contribution in [0.3, 0.4) is 0 Å². The molecular formula is C14H28N2O2. The Morgan fingerprint density at radius 3 is 2.56 bits per heavy atom. The predicted octanol–water partition coefficient (Wildman–Crippen LogP) is 1.83. The van der Waals surface area contributed by atoms with Crippen molar-refractivity contribution in [2.45, 2.75) is 51.9 Å². The van der Waals surface area contributed by atoms with Crippen LogP contribution in [0.4, 0.5) is 0 Å². The quantitative estimate of drug-likeness (QED) is 0.619. The van der Waals surface area contributed by atoms with Gasteiger partial charge in [-0.15, -0.1) is 0 Å². The van der Waals surface area contributed by atoms with Gasteiger partial charge >= 0.3 is 0 Å². The van der Waals surface area contributed by atoms with E-state index in [0.29, 0.717) is 13.1 Å². The first kappa shape index (κ1) is 15.4. The van der Waals surface area contributed by atoms with Crippen LogP contribution in [0.1, 0.15) is 51.9 Å². The van der Waals surface area contributed by atoms with E-state index < -0.39 is 0 Å². The van der Waals surface area contributed by atoms with E-state index in [1.807, 2.05) is 0 Å². The van der Waals surface area contributed by atoms with Gasteiger partial charge in [0.1, 0.15) is 0 Å². The molecule has 106 valence electrons. The third-order valence-corrected chi connectivity index (χ3v) is 3.83. The van der Waals surface area contributed by atoms with Gasteiger partial charge in [-0.25, -0.2) is 0 Å². The van der Waals surface area contributed by atoms with E-state index in [1.165, 1.54) is 0 Å². The van der Waals surface area contributed by atoms with Crippen LogP contribution in [0.15, 0.2) is 0 Å². The van der Waals surface area contributed by atoms with Crippen molar-refractivity contribution in [3.8, 4) is 0 Å². The number of unbranched alkanes of at least 4 members (excludes halogenated alkanes) is 1. The zero-order valence-corrected chi connectivity index (χ0v) is 11.7. The second-order valence-electron chi connectivity index (χ2n) is 5.27. The van der Waals surface area contributed by atoms with E-state index in [0.717, 1.165) is 58.2 Å². The number of amides is 1. The maximum Gasteiger partial charge on any atom is 0.227 e. The van der Waals surface area contributed by atoms with E-state index >= 15 is 0 Å². The minimum atomic E-state index is -0.275. The molecule has 18 heavy (non-hydrogen) atoms. The third-order valence-electron chi connectivity index (χ3n) is 3.83. The fourth-order valence-electron chi connectivity index (χ4n) is 2.49. The number of nitrogens with two attached hydrogens (primary N) is 1. The van der Waals surface area contributed by atoms with Crippen LogP contribution in [0.5, 0.6) is 0 Å². The summed E-state index contributed by atoms with van der Waals surface area (Å²) in [4.78, 5) is 12.1. The molecule has 1 saturated carbocycles. The maximum atomic E-state index is 12.1. The minimum absolute atomic E-state index is 0.149. The molecule has 0 unspecified atom stereocenters. The zero-order valence-electron chi connectivity index (χ0n) is 11.7. The summed E-state index contributed by atoms with van der Waals surface area (Å²) in [6, 6.07) is 0. The Bertz CT molecular complexity index is 238. The average molecular weight is 256 g/mol. The molecule has 0 aliphatic heterocycles. The largest absolute Gasteiger partial charge is 0.381 e. The van der Waals surface area contributed by atoms with Crippen molar-refractivity contribution in [1.29, 1.82) is 0 Å². The first-order valence-electron chi connectivity index (χ1n) is 7.31. The molecule has 4 heteroatoms. The molecule has 4 nitrogen and oxygen atoms in total. The lowest BCUT2D eigenvalue weighted by molar-refractivity contribution is -0.130. The van der Waals surface area contributed by atoms with Crippen molar-refractivity contribution >= 4 is 5.91 Å². The molecule has 0 aromatic carbocycles. The summed E-state index contributed by atoms with van der Waals surface area (Å²) in [6.07, 6.45) is 7.31. The molecule has 0 heterocycles. The van der Waals surface area contributed by atoms with Crippen LogP contribution in [-0.2, 0) is 9.53 Å². The van der Waals surface area contributed by atoms with Crippen molar-refractivity contribution in [2.75, 3.05) is 26.3 Å². The van der Waals surface area contributed by atoms with Crippen molar-refractivity contribution in [2.24, 2.45) is 11.1 Å². The molecule has 0 atom stereocenters. The lowest BCUT2D eigenvalue weighted by atomic mass is 9.85.